The smallest absolute Gasteiger partial charge is 0.159 e. The molecular weight excluding hydrogens is 556 g/mol. The van der Waals surface area contributed by atoms with Crippen LogP contribution in [0.4, 0.5) is 11.4 Å². The van der Waals surface area contributed by atoms with Gasteiger partial charge in [0.15, 0.2) is 5.65 Å². The summed E-state index contributed by atoms with van der Waals surface area (Å²) in [4.78, 5) is 20.3. The number of aromatic nitrogens is 3. The van der Waals surface area contributed by atoms with Crippen molar-refractivity contribution in [3.8, 4) is 11.4 Å². The monoisotopic (exact) mass is 594 g/mol. The summed E-state index contributed by atoms with van der Waals surface area (Å²) < 4.78 is 0.947. The van der Waals surface area contributed by atoms with E-state index in [0.717, 1.165) is 104 Å². The van der Waals surface area contributed by atoms with Crippen LogP contribution in [-0.4, -0.2) is 103 Å². The van der Waals surface area contributed by atoms with Gasteiger partial charge in [0.05, 0.1) is 16.0 Å². The molecule has 0 aliphatic carbocycles. The summed E-state index contributed by atoms with van der Waals surface area (Å²) in [7, 11) is 4.05. The summed E-state index contributed by atoms with van der Waals surface area (Å²) in [6.45, 7) is 8.12. The first-order valence-corrected chi connectivity index (χ1v) is 14.5. The number of anilines is 2. The number of likely N-dealkylation sites (tertiary alicyclic amines) is 1. The number of hydrogen-bond donors (Lipinski definition) is 5. The zero-order chi connectivity index (χ0) is 27.2. The number of hydrogen-bond acceptors (Lipinski definition) is 9. The zero-order valence-corrected chi connectivity index (χ0v) is 24.4. The van der Waals surface area contributed by atoms with E-state index in [1.54, 1.807) is 6.08 Å². The average Bonchev–Trinajstić information content (AvgIpc) is 3.40. The lowest BCUT2D eigenvalue weighted by Crippen LogP contribution is -2.48. The van der Waals surface area contributed by atoms with E-state index in [9.17, 15) is 0 Å². The van der Waals surface area contributed by atoms with Crippen molar-refractivity contribution in [2.75, 3.05) is 76.7 Å². The number of piperazine rings is 1. The lowest BCUT2D eigenvalue weighted by molar-refractivity contribution is 0.259. The number of nitrogens with one attached hydrogen (secondary N) is 5. The van der Waals surface area contributed by atoms with Crippen molar-refractivity contribution >= 4 is 44.7 Å². The van der Waals surface area contributed by atoms with Gasteiger partial charge in [0.1, 0.15) is 11.3 Å². The lowest BCUT2D eigenvalue weighted by atomic mass is 10.1. The fourth-order valence-corrected chi connectivity index (χ4v) is 5.69. The molecule has 11 heteroatoms. The van der Waals surface area contributed by atoms with Crippen molar-refractivity contribution < 1.29 is 0 Å². The van der Waals surface area contributed by atoms with Crippen LogP contribution in [0.1, 0.15) is 12.8 Å². The van der Waals surface area contributed by atoms with Crippen molar-refractivity contribution in [3.63, 3.8) is 0 Å². The second-order valence-corrected chi connectivity index (χ2v) is 11.1. The van der Waals surface area contributed by atoms with Crippen LogP contribution in [0.15, 0.2) is 46.8 Å². The lowest BCUT2D eigenvalue weighted by Gasteiger charge is -2.36. The van der Waals surface area contributed by atoms with Crippen molar-refractivity contribution in [2.24, 2.45) is 0 Å². The minimum atomic E-state index is 0.439. The highest BCUT2D eigenvalue weighted by Gasteiger charge is 2.21. The molecule has 2 aromatic heterocycles. The molecule has 2 saturated heterocycles. The van der Waals surface area contributed by atoms with Crippen LogP contribution >= 0.6 is 15.9 Å². The molecule has 3 aromatic rings. The van der Waals surface area contributed by atoms with Gasteiger partial charge in [-0.2, -0.15) is 0 Å². The maximum atomic E-state index is 7.21. The number of rotatable bonds is 10. The van der Waals surface area contributed by atoms with Crippen LogP contribution < -0.4 is 20.9 Å². The first-order chi connectivity index (χ1) is 19.0. The highest BCUT2D eigenvalue weighted by molar-refractivity contribution is 9.10. The Kier molecular flexibility index (Phi) is 9.00. The van der Waals surface area contributed by atoms with Gasteiger partial charge in [0, 0.05) is 76.0 Å². The molecule has 0 saturated carbocycles. The van der Waals surface area contributed by atoms with E-state index in [2.05, 4.69) is 87.9 Å². The van der Waals surface area contributed by atoms with Gasteiger partial charge < -0.3 is 36.1 Å². The van der Waals surface area contributed by atoms with Gasteiger partial charge in [-0.1, -0.05) is 0 Å². The molecule has 208 valence electrons. The van der Waals surface area contributed by atoms with E-state index in [1.165, 1.54) is 11.9 Å². The Morgan fingerprint density at radius 1 is 1.13 bits per heavy atom. The minimum Gasteiger partial charge on any atom is -0.379 e. The molecule has 39 heavy (non-hydrogen) atoms. The van der Waals surface area contributed by atoms with Crippen LogP contribution in [0.2, 0.25) is 0 Å². The number of allylic oxidation sites excluding steroid dienone is 1. The molecule has 2 fully saturated rings. The number of fused-ring (bicyclic) bond motifs is 1. The van der Waals surface area contributed by atoms with Gasteiger partial charge >= 0.3 is 0 Å². The highest BCUT2D eigenvalue weighted by Crippen LogP contribution is 2.32. The number of pyridine rings is 1. The van der Waals surface area contributed by atoms with E-state index in [0.29, 0.717) is 6.04 Å². The number of imidazole rings is 1. The third-order valence-corrected chi connectivity index (χ3v) is 8.28. The normalized spacial score (nSPS) is 17.9. The predicted molar refractivity (Wildman–Crippen MR) is 164 cm³/mol. The molecule has 2 aliphatic heterocycles. The van der Waals surface area contributed by atoms with Crippen LogP contribution in [-0.2, 0) is 0 Å². The standard InChI is InChI=1S/C28H39BrN10/c1-31-24(7-10-30)32-11-14-38-15-17-39(18-16-38)22-5-3-20(4-6-22)27-35-26-25(23(29)19-33-28(26)36-27)34-21-8-12-37(2)13-9-21/h3-7,10,19,21,30-32H,8-9,11-18H2,1-2H3,(H2,33,34,35,36)/b24-7+,30-10?. The SMILES string of the molecule is CN/C(=C\C=N)NCCN1CCN(c2ccc(-c3nc4c(NC5CCN(C)CC5)c(Br)cnc4[nH]3)cc2)CC1. The maximum absolute atomic E-state index is 7.21. The van der Waals surface area contributed by atoms with Gasteiger partial charge in [0.25, 0.3) is 0 Å². The van der Waals surface area contributed by atoms with Crippen molar-refractivity contribution in [1.82, 2.24) is 35.4 Å². The molecule has 2 aliphatic rings. The fourth-order valence-electron chi connectivity index (χ4n) is 5.28. The van der Waals surface area contributed by atoms with Crippen LogP contribution in [0, 0.1) is 5.41 Å². The third kappa shape index (κ3) is 6.71. The van der Waals surface area contributed by atoms with Gasteiger partial charge in [-0.15, -0.1) is 0 Å². The number of piperidine rings is 1. The number of aromatic amines is 1. The van der Waals surface area contributed by atoms with Crippen LogP contribution in [0.5, 0.6) is 0 Å². The Bertz CT molecular complexity index is 1270. The average molecular weight is 596 g/mol. The van der Waals surface area contributed by atoms with Gasteiger partial charge in [0.2, 0.25) is 0 Å². The molecule has 1 aromatic carbocycles. The van der Waals surface area contributed by atoms with Gasteiger partial charge in [-0.05, 0) is 79.3 Å². The Hall–Kier alpha value is -3.15. The van der Waals surface area contributed by atoms with E-state index in [1.807, 2.05) is 13.2 Å². The number of halogens is 1. The Balaban J connectivity index is 1.19. The molecular formula is C28H39BrN10. The first-order valence-electron chi connectivity index (χ1n) is 13.7. The van der Waals surface area contributed by atoms with Crippen LogP contribution in [0.25, 0.3) is 22.6 Å². The molecule has 5 N–H and O–H groups in total. The molecule has 0 spiro atoms. The predicted octanol–water partition coefficient (Wildman–Crippen LogP) is 3.32. The van der Waals surface area contributed by atoms with Crippen molar-refractivity contribution in [2.45, 2.75) is 18.9 Å². The summed E-state index contributed by atoms with van der Waals surface area (Å²) >= 11 is 3.69. The van der Waals surface area contributed by atoms with E-state index >= 15 is 0 Å². The Morgan fingerprint density at radius 3 is 2.56 bits per heavy atom. The van der Waals surface area contributed by atoms with E-state index in [-0.39, 0.29) is 0 Å². The Labute approximate surface area is 238 Å². The third-order valence-electron chi connectivity index (χ3n) is 7.68. The highest BCUT2D eigenvalue weighted by atomic mass is 79.9. The molecule has 10 nitrogen and oxygen atoms in total. The van der Waals surface area contributed by atoms with E-state index < -0.39 is 0 Å². The fraction of sp³-hybridized carbons (Fsp3) is 0.464. The minimum absolute atomic E-state index is 0.439. The molecule has 0 atom stereocenters. The van der Waals surface area contributed by atoms with E-state index in [4.69, 9.17) is 10.4 Å². The topological polar surface area (TPSA) is 111 Å². The molecule has 0 amide bonds. The summed E-state index contributed by atoms with van der Waals surface area (Å²) in [6.07, 6.45) is 7.12. The van der Waals surface area contributed by atoms with Gasteiger partial charge in [-0.3, -0.25) is 4.90 Å². The van der Waals surface area contributed by atoms with Crippen molar-refractivity contribution in [3.05, 3.63) is 46.8 Å². The Morgan fingerprint density at radius 2 is 1.87 bits per heavy atom. The second kappa shape index (κ2) is 12.8. The number of nitrogens with zero attached hydrogens (tertiary/aromatic N) is 5. The summed E-state index contributed by atoms with van der Waals surface area (Å²) in [5.41, 5.74) is 5.00. The van der Waals surface area contributed by atoms with Crippen molar-refractivity contribution in [1.29, 1.82) is 5.41 Å². The summed E-state index contributed by atoms with van der Waals surface area (Å²) in [6, 6.07) is 9.13. The summed E-state index contributed by atoms with van der Waals surface area (Å²) in [5.74, 6) is 1.71. The largest absolute Gasteiger partial charge is 0.379 e. The molecule has 4 heterocycles. The second-order valence-electron chi connectivity index (χ2n) is 10.3. The molecule has 0 unspecified atom stereocenters. The summed E-state index contributed by atoms with van der Waals surface area (Å²) in [5, 5.41) is 17.4. The maximum Gasteiger partial charge on any atom is 0.159 e. The number of benzene rings is 1. The number of H-pyrrole nitrogens is 1. The zero-order valence-electron chi connectivity index (χ0n) is 22.8. The molecule has 5 rings (SSSR count). The molecule has 0 radical (unpaired) electrons. The van der Waals surface area contributed by atoms with Crippen LogP contribution in [0.3, 0.4) is 0 Å². The van der Waals surface area contributed by atoms with Gasteiger partial charge in [-0.25, -0.2) is 9.97 Å². The first kappa shape index (κ1) is 27.4. The quantitative estimate of drug-likeness (QED) is 0.227. The molecule has 0 bridgehead atoms.